The summed E-state index contributed by atoms with van der Waals surface area (Å²) in [6.07, 6.45) is 8.99. The maximum Gasteiger partial charge on any atom is 0.334 e. The number of fused-ring (bicyclic) bond motifs is 1. The third-order valence-corrected chi connectivity index (χ3v) is 6.53. The molecule has 1 amide bonds. The maximum atomic E-state index is 15.0. The summed E-state index contributed by atoms with van der Waals surface area (Å²) in [6, 6.07) is 4.46. The number of rotatable bonds is 5. The largest absolute Gasteiger partial charge is 0.391 e. The van der Waals surface area contributed by atoms with Crippen LogP contribution in [-0.4, -0.2) is 46.9 Å². The molecular weight excluding hydrogens is 451 g/mol. The topological polar surface area (TPSA) is 106 Å². The molecule has 0 radical (unpaired) electrons. The van der Waals surface area contributed by atoms with Gasteiger partial charge in [0.2, 0.25) is 0 Å². The Morgan fingerprint density at radius 3 is 2.71 bits per heavy atom. The van der Waals surface area contributed by atoms with Crippen molar-refractivity contribution in [3.05, 3.63) is 76.1 Å². The van der Waals surface area contributed by atoms with Gasteiger partial charge in [-0.2, -0.15) is 5.10 Å². The Bertz CT molecular complexity index is 1470. The minimum Gasteiger partial charge on any atom is -0.391 e. The second-order valence-corrected chi connectivity index (χ2v) is 9.17. The average molecular weight is 479 g/mol. The van der Waals surface area contributed by atoms with Gasteiger partial charge in [-0.15, -0.1) is 0 Å². The highest BCUT2D eigenvalue weighted by Crippen LogP contribution is 2.22. The number of nitrogens with zero attached hydrogens (tertiary/aromatic N) is 5. The first-order chi connectivity index (χ1) is 16.8. The van der Waals surface area contributed by atoms with E-state index in [4.69, 9.17) is 0 Å². The highest BCUT2D eigenvalue weighted by Gasteiger charge is 2.26. The monoisotopic (exact) mass is 478 g/mol. The Labute approximate surface area is 200 Å². The molecule has 2 N–H and O–H groups in total. The fraction of sp³-hybridized carbons (Fsp3) is 0.360. The third-order valence-electron chi connectivity index (χ3n) is 6.53. The summed E-state index contributed by atoms with van der Waals surface area (Å²) in [5, 5.41) is 17.3. The van der Waals surface area contributed by atoms with Crippen molar-refractivity contribution in [2.24, 2.45) is 7.05 Å². The van der Waals surface area contributed by atoms with Crippen LogP contribution in [0.5, 0.6) is 0 Å². The van der Waals surface area contributed by atoms with Crippen LogP contribution in [0, 0.1) is 12.7 Å². The SMILES string of the molecule is Cc1cn2c(=O)n(Cc3ccc(-c4cnn(C)c4)cc3F)cc(C(=O)N[C@H]3CCCC[C@@H]3O)c2n1. The van der Waals surface area contributed by atoms with Crippen molar-refractivity contribution in [2.45, 2.75) is 51.3 Å². The zero-order chi connectivity index (χ0) is 24.7. The summed E-state index contributed by atoms with van der Waals surface area (Å²) >= 11 is 0. The van der Waals surface area contributed by atoms with Gasteiger partial charge in [0.05, 0.1) is 36.1 Å². The molecule has 3 aromatic heterocycles. The molecule has 1 aliphatic rings. The zero-order valence-electron chi connectivity index (χ0n) is 19.6. The number of aliphatic hydroxyl groups is 1. The predicted octanol–water partition coefficient (Wildman–Crippen LogP) is 2.43. The lowest BCUT2D eigenvalue weighted by Crippen LogP contribution is -2.45. The molecule has 10 heteroatoms. The van der Waals surface area contributed by atoms with E-state index in [1.54, 1.807) is 49.4 Å². The van der Waals surface area contributed by atoms with Crippen molar-refractivity contribution in [3.8, 4) is 11.1 Å². The lowest BCUT2D eigenvalue weighted by Gasteiger charge is -2.28. The van der Waals surface area contributed by atoms with E-state index in [2.05, 4.69) is 15.4 Å². The fourth-order valence-electron chi connectivity index (χ4n) is 4.65. The number of carbonyl (C=O) groups excluding carboxylic acids is 1. The standard InChI is InChI=1S/C25H27FN6O3/c1-15-11-32-23(28-15)19(24(34)29-21-5-3-4-6-22(21)33)14-31(25(32)35)13-17-8-7-16(9-20(17)26)18-10-27-30(2)12-18/h7-12,14,21-22,33H,3-6,13H2,1-2H3,(H,29,34)/t21-,22-/m0/s1. The minimum atomic E-state index is -0.608. The van der Waals surface area contributed by atoms with Crippen LogP contribution in [0.4, 0.5) is 4.39 Å². The van der Waals surface area contributed by atoms with E-state index in [-0.39, 0.29) is 23.8 Å². The van der Waals surface area contributed by atoms with Crippen LogP contribution in [0.3, 0.4) is 0 Å². The molecular formula is C25H27FN6O3. The van der Waals surface area contributed by atoms with Crippen LogP contribution in [0.2, 0.25) is 0 Å². The van der Waals surface area contributed by atoms with E-state index in [1.807, 2.05) is 0 Å². The number of hydrogen-bond donors (Lipinski definition) is 2. The van der Waals surface area contributed by atoms with Gasteiger partial charge in [0, 0.05) is 36.8 Å². The first-order valence-corrected chi connectivity index (χ1v) is 11.7. The number of benzene rings is 1. The quantitative estimate of drug-likeness (QED) is 0.458. The van der Waals surface area contributed by atoms with Gasteiger partial charge in [-0.1, -0.05) is 25.0 Å². The summed E-state index contributed by atoms with van der Waals surface area (Å²) < 4.78 is 19.3. The van der Waals surface area contributed by atoms with E-state index >= 15 is 4.39 Å². The van der Waals surface area contributed by atoms with Crippen LogP contribution in [0.1, 0.15) is 47.3 Å². The Morgan fingerprint density at radius 1 is 1.20 bits per heavy atom. The van der Waals surface area contributed by atoms with Gasteiger partial charge in [-0.05, 0) is 31.4 Å². The Balaban J connectivity index is 1.49. The number of carbonyl (C=O) groups is 1. The van der Waals surface area contributed by atoms with E-state index in [0.29, 0.717) is 29.7 Å². The highest BCUT2D eigenvalue weighted by molar-refractivity contribution is 5.99. The Kier molecular flexibility index (Phi) is 5.98. The van der Waals surface area contributed by atoms with Crippen LogP contribution in [-0.2, 0) is 13.6 Å². The minimum absolute atomic E-state index is 0.0580. The van der Waals surface area contributed by atoms with Crippen LogP contribution in [0.15, 0.2) is 47.8 Å². The molecule has 4 aromatic rings. The molecule has 35 heavy (non-hydrogen) atoms. The van der Waals surface area contributed by atoms with E-state index in [9.17, 15) is 14.7 Å². The zero-order valence-corrected chi connectivity index (χ0v) is 19.6. The molecule has 1 aromatic carbocycles. The lowest BCUT2D eigenvalue weighted by atomic mass is 9.92. The molecule has 0 aliphatic heterocycles. The first-order valence-electron chi connectivity index (χ1n) is 11.7. The summed E-state index contributed by atoms with van der Waals surface area (Å²) in [5.74, 6) is -0.885. The Morgan fingerprint density at radius 2 is 2.00 bits per heavy atom. The molecule has 5 rings (SSSR count). The maximum absolute atomic E-state index is 15.0. The van der Waals surface area contributed by atoms with Crippen molar-refractivity contribution in [2.75, 3.05) is 0 Å². The lowest BCUT2D eigenvalue weighted by molar-refractivity contribution is 0.0717. The van der Waals surface area contributed by atoms with Gasteiger partial charge in [0.25, 0.3) is 5.91 Å². The number of hydrogen-bond acceptors (Lipinski definition) is 5. The second-order valence-electron chi connectivity index (χ2n) is 9.17. The van der Waals surface area contributed by atoms with Gasteiger partial charge in [-0.3, -0.25) is 18.4 Å². The summed E-state index contributed by atoms with van der Waals surface area (Å²) in [7, 11) is 1.79. The van der Waals surface area contributed by atoms with Gasteiger partial charge in [0.1, 0.15) is 5.82 Å². The number of imidazole rings is 1. The molecule has 0 saturated heterocycles. The van der Waals surface area contributed by atoms with Crippen molar-refractivity contribution in [1.29, 1.82) is 0 Å². The summed E-state index contributed by atoms with van der Waals surface area (Å²) in [4.78, 5) is 30.7. The van der Waals surface area contributed by atoms with Crippen LogP contribution >= 0.6 is 0 Å². The molecule has 1 fully saturated rings. The molecule has 2 atom stereocenters. The third kappa shape index (κ3) is 4.49. The van der Waals surface area contributed by atoms with Crippen molar-refractivity contribution < 1.29 is 14.3 Å². The number of aryl methyl sites for hydroxylation is 2. The first kappa shape index (κ1) is 23.0. The summed E-state index contributed by atoms with van der Waals surface area (Å²) in [5.41, 5.74) is 2.36. The molecule has 3 heterocycles. The summed E-state index contributed by atoms with van der Waals surface area (Å²) in [6.45, 7) is 1.68. The highest BCUT2D eigenvalue weighted by atomic mass is 19.1. The normalized spacial score (nSPS) is 18.2. The molecule has 0 unspecified atom stereocenters. The number of amides is 1. The van der Waals surface area contributed by atoms with Gasteiger partial charge in [0.15, 0.2) is 5.65 Å². The van der Waals surface area contributed by atoms with Gasteiger partial charge in [-0.25, -0.2) is 14.2 Å². The van der Waals surface area contributed by atoms with Crippen molar-refractivity contribution in [1.82, 2.24) is 29.0 Å². The van der Waals surface area contributed by atoms with Crippen molar-refractivity contribution in [3.63, 3.8) is 0 Å². The number of aromatic nitrogens is 5. The van der Waals surface area contributed by atoms with Crippen molar-refractivity contribution >= 4 is 11.6 Å². The van der Waals surface area contributed by atoms with Crippen LogP contribution in [0.25, 0.3) is 16.8 Å². The molecule has 1 saturated carbocycles. The fourth-order valence-corrected chi connectivity index (χ4v) is 4.65. The molecule has 9 nitrogen and oxygen atoms in total. The van der Waals surface area contributed by atoms with E-state index in [1.165, 1.54) is 21.2 Å². The molecule has 0 spiro atoms. The average Bonchev–Trinajstić information content (AvgIpc) is 3.44. The van der Waals surface area contributed by atoms with E-state index in [0.717, 1.165) is 18.4 Å². The smallest absolute Gasteiger partial charge is 0.334 e. The molecule has 0 bridgehead atoms. The number of aliphatic hydroxyl groups excluding tert-OH is 1. The van der Waals surface area contributed by atoms with Gasteiger partial charge >= 0.3 is 5.69 Å². The Hall–Kier alpha value is -3.79. The number of nitrogens with one attached hydrogen (secondary N) is 1. The number of halogens is 1. The second kappa shape index (κ2) is 9.10. The van der Waals surface area contributed by atoms with Gasteiger partial charge < -0.3 is 10.4 Å². The van der Waals surface area contributed by atoms with Crippen LogP contribution < -0.4 is 11.0 Å². The molecule has 182 valence electrons. The van der Waals surface area contributed by atoms with E-state index < -0.39 is 23.5 Å². The predicted molar refractivity (Wildman–Crippen MR) is 128 cm³/mol. The molecule has 1 aliphatic carbocycles.